The largest absolute Gasteiger partial charge is 0.368 e. The van der Waals surface area contributed by atoms with Crippen LogP contribution in [-0.4, -0.2) is 35.0 Å². The molecule has 1 saturated heterocycles. The van der Waals surface area contributed by atoms with Gasteiger partial charge in [0.2, 0.25) is 0 Å². The molecular formula is C20H23FN2O2. The number of amides is 1. The summed E-state index contributed by atoms with van der Waals surface area (Å²) in [6, 6.07) is 9.83. The third-order valence-electron chi connectivity index (χ3n) is 4.45. The number of rotatable bonds is 6. The Hall–Kier alpha value is -2.27. The van der Waals surface area contributed by atoms with E-state index in [1.807, 2.05) is 24.0 Å². The Morgan fingerprint density at radius 2 is 2.12 bits per heavy atom. The van der Waals surface area contributed by atoms with Crippen LogP contribution in [0.15, 0.2) is 48.8 Å². The number of halogens is 1. The number of hydrogen-bond donors (Lipinski definition) is 0. The first-order valence-electron chi connectivity index (χ1n) is 8.78. The van der Waals surface area contributed by atoms with Crippen molar-refractivity contribution in [3.05, 3.63) is 65.7 Å². The van der Waals surface area contributed by atoms with Crippen molar-refractivity contribution in [1.82, 2.24) is 9.88 Å². The van der Waals surface area contributed by atoms with E-state index in [2.05, 4.69) is 4.98 Å². The lowest BCUT2D eigenvalue weighted by atomic mass is 9.97. The summed E-state index contributed by atoms with van der Waals surface area (Å²) in [5.74, 6) is -0.293. The molecule has 25 heavy (non-hydrogen) atoms. The molecule has 0 unspecified atom stereocenters. The Balaban J connectivity index is 2.00. The van der Waals surface area contributed by atoms with E-state index in [9.17, 15) is 9.18 Å². The Bertz CT molecular complexity index is 685. The van der Waals surface area contributed by atoms with E-state index in [0.29, 0.717) is 13.2 Å². The monoisotopic (exact) mass is 342 g/mol. The van der Waals surface area contributed by atoms with E-state index in [4.69, 9.17) is 4.74 Å². The van der Waals surface area contributed by atoms with Gasteiger partial charge < -0.3 is 9.64 Å². The highest BCUT2D eigenvalue weighted by Gasteiger charge is 2.33. The number of carbonyl (C=O) groups is 1. The van der Waals surface area contributed by atoms with Crippen LogP contribution < -0.4 is 0 Å². The fraction of sp³-hybridized carbons (Fsp3) is 0.400. The molecule has 0 aliphatic carbocycles. The summed E-state index contributed by atoms with van der Waals surface area (Å²) in [7, 11) is 0. The number of ether oxygens (including phenoxy) is 1. The van der Waals surface area contributed by atoms with Crippen LogP contribution in [0.5, 0.6) is 0 Å². The lowest BCUT2D eigenvalue weighted by molar-refractivity contribution is -0.142. The highest BCUT2D eigenvalue weighted by Crippen LogP contribution is 2.30. The Morgan fingerprint density at radius 1 is 1.32 bits per heavy atom. The molecule has 4 nitrogen and oxygen atoms in total. The van der Waals surface area contributed by atoms with Crippen molar-refractivity contribution < 1.29 is 13.9 Å². The summed E-state index contributed by atoms with van der Waals surface area (Å²) in [6.07, 6.45) is 5.58. The van der Waals surface area contributed by atoms with Crippen LogP contribution in [0.25, 0.3) is 0 Å². The van der Waals surface area contributed by atoms with Crippen LogP contribution in [0.2, 0.25) is 0 Å². The van der Waals surface area contributed by atoms with Crippen molar-refractivity contribution in [2.75, 3.05) is 13.2 Å². The minimum Gasteiger partial charge on any atom is -0.368 e. The zero-order valence-electron chi connectivity index (χ0n) is 14.4. The summed E-state index contributed by atoms with van der Waals surface area (Å²) in [4.78, 5) is 19.1. The summed E-state index contributed by atoms with van der Waals surface area (Å²) in [5, 5.41) is 0. The van der Waals surface area contributed by atoms with Crippen molar-refractivity contribution in [1.29, 1.82) is 0 Å². The quantitative estimate of drug-likeness (QED) is 0.803. The van der Waals surface area contributed by atoms with Crippen LogP contribution in [0.3, 0.4) is 0 Å². The number of carbonyl (C=O) groups excluding carboxylic acids is 1. The molecule has 0 bridgehead atoms. The predicted octanol–water partition coefficient (Wildman–Crippen LogP) is 3.73. The smallest absolute Gasteiger partial charge is 0.252 e. The third-order valence-corrected chi connectivity index (χ3v) is 4.45. The van der Waals surface area contributed by atoms with Gasteiger partial charge >= 0.3 is 0 Å². The fourth-order valence-electron chi connectivity index (χ4n) is 3.30. The molecule has 1 aromatic carbocycles. The van der Waals surface area contributed by atoms with Gasteiger partial charge in [-0.2, -0.15) is 0 Å². The summed E-state index contributed by atoms with van der Waals surface area (Å²) in [5.41, 5.74) is 1.78. The first-order valence-corrected chi connectivity index (χ1v) is 8.78. The third kappa shape index (κ3) is 4.04. The maximum atomic E-state index is 13.4. The predicted molar refractivity (Wildman–Crippen MR) is 93.5 cm³/mol. The second kappa shape index (κ2) is 8.21. The molecule has 1 amide bonds. The Kier molecular flexibility index (Phi) is 5.76. The summed E-state index contributed by atoms with van der Waals surface area (Å²) >= 11 is 0. The molecule has 1 fully saturated rings. The van der Waals surface area contributed by atoms with Gasteiger partial charge in [-0.15, -0.1) is 0 Å². The molecule has 3 rings (SSSR count). The molecule has 132 valence electrons. The van der Waals surface area contributed by atoms with Gasteiger partial charge in [0, 0.05) is 25.5 Å². The van der Waals surface area contributed by atoms with E-state index in [0.717, 1.165) is 30.4 Å². The van der Waals surface area contributed by atoms with Crippen LogP contribution in [-0.2, 0) is 9.53 Å². The van der Waals surface area contributed by atoms with Crippen molar-refractivity contribution in [2.45, 2.75) is 38.3 Å². The molecule has 0 N–H and O–H groups in total. The average Bonchev–Trinajstić information content (AvgIpc) is 3.18. The zero-order chi connectivity index (χ0) is 17.6. The van der Waals surface area contributed by atoms with Gasteiger partial charge in [0.1, 0.15) is 11.9 Å². The van der Waals surface area contributed by atoms with Gasteiger partial charge in [-0.25, -0.2) is 4.39 Å². The molecule has 2 aromatic rings. The summed E-state index contributed by atoms with van der Waals surface area (Å²) in [6.45, 7) is 3.28. The van der Waals surface area contributed by atoms with E-state index in [1.54, 1.807) is 24.5 Å². The number of hydrogen-bond acceptors (Lipinski definition) is 3. The molecule has 0 spiro atoms. The first kappa shape index (κ1) is 17.5. The van der Waals surface area contributed by atoms with Crippen LogP contribution in [0.4, 0.5) is 4.39 Å². The fourth-order valence-corrected chi connectivity index (χ4v) is 3.30. The van der Waals surface area contributed by atoms with E-state index >= 15 is 0 Å². The van der Waals surface area contributed by atoms with Crippen molar-refractivity contribution >= 4 is 5.91 Å². The molecule has 1 aliphatic rings. The second-order valence-corrected chi connectivity index (χ2v) is 6.27. The van der Waals surface area contributed by atoms with Crippen molar-refractivity contribution in [3.8, 4) is 0 Å². The van der Waals surface area contributed by atoms with Crippen LogP contribution in [0.1, 0.15) is 43.4 Å². The SMILES string of the molecule is CCCN(C(=O)[C@H]1CCCO1)[C@@H](c1ccc(F)cc1)c1cccnc1. The maximum Gasteiger partial charge on any atom is 0.252 e. The second-order valence-electron chi connectivity index (χ2n) is 6.27. The molecule has 1 aromatic heterocycles. The minimum absolute atomic E-state index is 0.00229. The number of benzene rings is 1. The van der Waals surface area contributed by atoms with Crippen LogP contribution >= 0.6 is 0 Å². The number of pyridine rings is 1. The lowest BCUT2D eigenvalue weighted by Crippen LogP contribution is -2.42. The normalized spacial score (nSPS) is 18.1. The molecule has 5 heteroatoms. The van der Waals surface area contributed by atoms with Gasteiger partial charge in [0.15, 0.2) is 0 Å². The van der Waals surface area contributed by atoms with E-state index < -0.39 is 0 Å². The zero-order valence-corrected chi connectivity index (χ0v) is 14.4. The average molecular weight is 342 g/mol. The molecule has 0 saturated carbocycles. The number of nitrogens with zero attached hydrogens (tertiary/aromatic N) is 2. The molecular weight excluding hydrogens is 319 g/mol. The lowest BCUT2D eigenvalue weighted by Gasteiger charge is -2.34. The highest BCUT2D eigenvalue weighted by atomic mass is 19.1. The van der Waals surface area contributed by atoms with Gasteiger partial charge in [-0.1, -0.05) is 25.1 Å². The van der Waals surface area contributed by atoms with Crippen molar-refractivity contribution in [2.24, 2.45) is 0 Å². The van der Waals surface area contributed by atoms with Gasteiger partial charge in [0.05, 0.1) is 6.04 Å². The molecule has 2 heterocycles. The Morgan fingerprint density at radius 3 is 2.72 bits per heavy atom. The minimum atomic E-state index is -0.383. The van der Waals surface area contributed by atoms with Gasteiger partial charge in [-0.3, -0.25) is 9.78 Å². The van der Waals surface area contributed by atoms with Gasteiger partial charge in [-0.05, 0) is 48.6 Å². The van der Waals surface area contributed by atoms with Gasteiger partial charge in [0.25, 0.3) is 5.91 Å². The maximum absolute atomic E-state index is 13.4. The first-order chi connectivity index (χ1) is 12.2. The summed E-state index contributed by atoms with van der Waals surface area (Å²) < 4.78 is 19.0. The molecule has 1 aliphatic heterocycles. The Labute approximate surface area is 147 Å². The number of aromatic nitrogens is 1. The topological polar surface area (TPSA) is 42.4 Å². The van der Waals surface area contributed by atoms with E-state index in [1.165, 1.54) is 12.1 Å². The molecule has 2 atom stereocenters. The van der Waals surface area contributed by atoms with Crippen molar-refractivity contribution in [3.63, 3.8) is 0 Å². The standard InChI is InChI=1S/C20H23FN2O2/c1-2-12-23(20(24)18-6-4-13-25-18)19(16-5-3-11-22-14-16)15-7-9-17(21)10-8-15/h3,5,7-11,14,18-19H,2,4,6,12-13H2,1H3/t18-,19+/m1/s1. The van der Waals surface area contributed by atoms with Crippen LogP contribution in [0, 0.1) is 5.82 Å². The molecule has 0 radical (unpaired) electrons. The highest BCUT2D eigenvalue weighted by molar-refractivity contribution is 5.82. The van der Waals surface area contributed by atoms with E-state index in [-0.39, 0.29) is 23.9 Å².